The Morgan fingerprint density at radius 2 is 2.25 bits per heavy atom. The second kappa shape index (κ2) is 6.78. The Morgan fingerprint density at radius 1 is 1.45 bits per heavy atom. The number of nitrogens with zero attached hydrogens (tertiary/aromatic N) is 1. The quantitative estimate of drug-likeness (QED) is 0.649. The van der Waals surface area contributed by atoms with Crippen LogP contribution in [0.25, 0.3) is 0 Å². The van der Waals surface area contributed by atoms with Crippen LogP contribution in [0.15, 0.2) is 41.1 Å². The van der Waals surface area contributed by atoms with Gasteiger partial charge in [0.05, 0.1) is 18.8 Å². The molecule has 4 nitrogen and oxygen atoms in total. The summed E-state index contributed by atoms with van der Waals surface area (Å²) in [6.07, 6.45) is 3.24. The van der Waals surface area contributed by atoms with E-state index in [1.165, 1.54) is 6.07 Å². The van der Waals surface area contributed by atoms with Gasteiger partial charge in [-0.3, -0.25) is 10.8 Å². The fraction of sp³-hybridized carbons (Fsp3) is 0.214. The maximum Gasteiger partial charge on any atom is 0.137 e. The van der Waals surface area contributed by atoms with E-state index >= 15 is 0 Å². The van der Waals surface area contributed by atoms with Gasteiger partial charge in [-0.25, -0.2) is 9.82 Å². The van der Waals surface area contributed by atoms with Crippen LogP contribution >= 0.6 is 15.9 Å². The van der Waals surface area contributed by atoms with Gasteiger partial charge in [-0.15, -0.1) is 0 Å². The predicted molar refractivity (Wildman–Crippen MR) is 78.7 cm³/mol. The lowest BCUT2D eigenvalue weighted by Crippen LogP contribution is -2.30. The van der Waals surface area contributed by atoms with E-state index in [9.17, 15) is 4.39 Å². The molecule has 0 radical (unpaired) electrons. The van der Waals surface area contributed by atoms with Crippen LogP contribution < -0.4 is 16.0 Å². The summed E-state index contributed by atoms with van der Waals surface area (Å²) in [5, 5.41) is 0. The van der Waals surface area contributed by atoms with Crippen LogP contribution in [0.3, 0.4) is 0 Å². The van der Waals surface area contributed by atoms with E-state index in [1.54, 1.807) is 30.6 Å². The van der Waals surface area contributed by atoms with Crippen molar-refractivity contribution in [3.05, 3.63) is 58.1 Å². The molecule has 2 rings (SSSR count). The number of nitrogens with two attached hydrogens (primary N) is 1. The van der Waals surface area contributed by atoms with Gasteiger partial charge >= 0.3 is 0 Å². The maximum atomic E-state index is 14.0. The van der Waals surface area contributed by atoms with E-state index in [0.717, 1.165) is 5.56 Å². The summed E-state index contributed by atoms with van der Waals surface area (Å²) in [4.78, 5) is 4.10. The molecule has 1 heterocycles. The average Bonchev–Trinajstić information content (AvgIpc) is 2.44. The zero-order valence-electron chi connectivity index (χ0n) is 10.9. The highest BCUT2D eigenvalue weighted by atomic mass is 79.9. The van der Waals surface area contributed by atoms with Crippen molar-refractivity contribution in [3.63, 3.8) is 0 Å². The molecule has 3 N–H and O–H groups in total. The van der Waals surface area contributed by atoms with Gasteiger partial charge in [-0.2, -0.15) is 0 Å². The van der Waals surface area contributed by atoms with E-state index in [-0.39, 0.29) is 5.82 Å². The number of pyridine rings is 1. The number of ether oxygens (including phenoxy) is 1. The maximum absolute atomic E-state index is 14.0. The van der Waals surface area contributed by atoms with Gasteiger partial charge in [0.15, 0.2) is 0 Å². The van der Waals surface area contributed by atoms with Crippen molar-refractivity contribution in [3.8, 4) is 5.75 Å². The monoisotopic (exact) mass is 339 g/mol. The minimum atomic E-state index is -0.515. The Labute approximate surface area is 125 Å². The molecule has 0 aliphatic rings. The van der Waals surface area contributed by atoms with Gasteiger partial charge in [-0.05, 0) is 30.7 Å². The topological polar surface area (TPSA) is 60.2 Å². The molecule has 0 amide bonds. The van der Waals surface area contributed by atoms with Crippen LogP contribution in [-0.4, -0.2) is 11.6 Å². The van der Waals surface area contributed by atoms with Crippen LogP contribution in [0.5, 0.6) is 5.75 Å². The van der Waals surface area contributed by atoms with Crippen molar-refractivity contribution in [2.75, 3.05) is 6.61 Å². The summed E-state index contributed by atoms with van der Waals surface area (Å²) in [6.45, 7) is 2.42. The minimum absolute atomic E-state index is 0.343. The Bertz CT molecular complexity index is 574. The third-order valence-electron chi connectivity index (χ3n) is 2.83. The number of benzene rings is 1. The number of hydrazine groups is 1. The smallest absolute Gasteiger partial charge is 0.137 e. The lowest BCUT2D eigenvalue weighted by Gasteiger charge is -2.19. The van der Waals surface area contributed by atoms with Gasteiger partial charge in [0.2, 0.25) is 0 Å². The molecule has 1 aromatic carbocycles. The molecule has 1 aromatic heterocycles. The van der Waals surface area contributed by atoms with Gasteiger partial charge in [0.1, 0.15) is 11.6 Å². The van der Waals surface area contributed by atoms with E-state index in [0.29, 0.717) is 22.4 Å². The SMILES string of the molecule is CCOc1cncc(C(NN)c2c(F)cccc2Br)c1. The van der Waals surface area contributed by atoms with Crippen molar-refractivity contribution in [1.82, 2.24) is 10.4 Å². The fourth-order valence-electron chi connectivity index (χ4n) is 1.97. The minimum Gasteiger partial charge on any atom is -0.492 e. The first-order valence-electron chi connectivity index (χ1n) is 6.15. The van der Waals surface area contributed by atoms with Crippen molar-refractivity contribution in [1.29, 1.82) is 0 Å². The zero-order valence-corrected chi connectivity index (χ0v) is 12.5. The summed E-state index contributed by atoms with van der Waals surface area (Å²) in [5.74, 6) is 5.87. The summed E-state index contributed by atoms with van der Waals surface area (Å²) in [7, 11) is 0. The van der Waals surface area contributed by atoms with Crippen LogP contribution in [0.1, 0.15) is 24.1 Å². The first kappa shape index (κ1) is 14.9. The lowest BCUT2D eigenvalue weighted by molar-refractivity contribution is 0.338. The number of rotatable bonds is 5. The highest BCUT2D eigenvalue weighted by Crippen LogP contribution is 2.31. The molecule has 2 aromatic rings. The molecule has 6 heteroatoms. The second-order valence-electron chi connectivity index (χ2n) is 4.12. The van der Waals surface area contributed by atoms with Crippen LogP contribution in [0.2, 0.25) is 0 Å². The Hall–Kier alpha value is -1.50. The van der Waals surface area contributed by atoms with E-state index in [1.807, 2.05) is 6.92 Å². The average molecular weight is 340 g/mol. The standard InChI is InChI=1S/C14H15BrFN3O/c1-2-20-10-6-9(7-18-8-10)14(19-17)13-11(15)4-3-5-12(13)16/h3-8,14,19H,2,17H2,1H3. The summed E-state index contributed by atoms with van der Waals surface area (Å²) in [6, 6.07) is 6.07. The molecule has 0 saturated heterocycles. The van der Waals surface area contributed by atoms with Crippen LogP contribution in [0, 0.1) is 5.82 Å². The van der Waals surface area contributed by atoms with Crippen LogP contribution in [0.4, 0.5) is 4.39 Å². The number of hydrogen-bond acceptors (Lipinski definition) is 4. The fourth-order valence-corrected chi connectivity index (χ4v) is 2.54. The van der Waals surface area contributed by atoms with Crippen molar-refractivity contribution in [2.24, 2.45) is 5.84 Å². The molecule has 0 fully saturated rings. The van der Waals surface area contributed by atoms with Gasteiger partial charge < -0.3 is 4.74 Å². The lowest BCUT2D eigenvalue weighted by atomic mass is 10.00. The van der Waals surface area contributed by atoms with E-state index in [4.69, 9.17) is 10.6 Å². The molecule has 0 bridgehead atoms. The van der Waals surface area contributed by atoms with Crippen molar-refractivity contribution >= 4 is 15.9 Å². The third-order valence-corrected chi connectivity index (χ3v) is 3.53. The Kier molecular flexibility index (Phi) is 5.05. The molecule has 106 valence electrons. The van der Waals surface area contributed by atoms with Crippen molar-refractivity contribution < 1.29 is 9.13 Å². The number of aromatic nitrogens is 1. The summed E-state index contributed by atoms with van der Waals surface area (Å²) < 4.78 is 20.1. The highest BCUT2D eigenvalue weighted by Gasteiger charge is 2.20. The summed E-state index contributed by atoms with van der Waals surface area (Å²) >= 11 is 3.35. The van der Waals surface area contributed by atoms with Gasteiger partial charge in [0, 0.05) is 16.2 Å². The molecule has 0 aliphatic heterocycles. The Balaban J connectivity index is 2.44. The molecular formula is C14H15BrFN3O. The first-order chi connectivity index (χ1) is 9.67. The molecule has 0 saturated carbocycles. The number of hydrogen-bond donors (Lipinski definition) is 2. The molecule has 1 atom stereocenters. The summed E-state index contributed by atoms with van der Waals surface area (Å²) in [5.41, 5.74) is 3.78. The number of halogens is 2. The largest absolute Gasteiger partial charge is 0.492 e. The molecular weight excluding hydrogens is 325 g/mol. The number of nitrogens with one attached hydrogen (secondary N) is 1. The molecule has 20 heavy (non-hydrogen) atoms. The van der Waals surface area contributed by atoms with Crippen LogP contribution in [-0.2, 0) is 0 Å². The van der Waals surface area contributed by atoms with E-state index < -0.39 is 6.04 Å². The predicted octanol–water partition coefficient (Wildman–Crippen LogP) is 2.93. The van der Waals surface area contributed by atoms with Crippen molar-refractivity contribution in [2.45, 2.75) is 13.0 Å². The van der Waals surface area contributed by atoms with Gasteiger partial charge in [0.25, 0.3) is 0 Å². The second-order valence-corrected chi connectivity index (χ2v) is 4.98. The highest BCUT2D eigenvalue weighted by molar-refractivity contribution is 9.10. The van der Waals surface area contributed by atoms with E-state index in [2.05, 4.69) is 26.3 Å². The molecule has 1 unspecified atom stereocenters. The molecule has 0 aliphatic carbocycles. The Morgan fingerprint density at radius 3 is 2.90 bits per heavy atom. The normalized spacial score (nSPS) is 12.2. The first-order valence-corrected chi connectivity index (χ1v) is 6.94. The van der Waals surface area contributed by atoms with Gasteiger partial charge in [-0.1, -0.05) is 22.0 Å². The third kappa shape index (κ3) is 3.15. The molecule has 0 spiro atoms. The zero-order chi connectivity index (χ0) is 14.5.